The van der Waals surface area contributed by atoms with Crippen molar-refractivity contribution in [3.05, 3.63) is 53.6 Å². The Bertz CT molecular complexity index is 931. The van der Waals surface area contributed by atoms with Gasteiger partial charge in [0.15, 0.2) is 9.84 Å². The molecular weight excluding hydrogens is 378 g/mol. The van der Waals surface area contributed by atoms with Gasteiger partial charge in [-0.1, -0.05) is 18.2 Å². The number of rotatable bonds is 6. The van der Waals surface area contributed by atoms with Crippen LogP contribution in [0, 0.1) is 0 Å². The van der Waals surface area contributed by atoms with Crippen LogP contribution >= 0.6 is 0 Å². The molecule has 1 fully saturated rings. The third-order valence-corrected chi connectivity index (χ3v) is 6.20. The van der Waals surface area contributed by atoms with Crippen molar-refractivity contribution in [2.75, 3.05) is 20.5 Å². The predicted molar refractivity (Wildman–Crippen MR) is 106 cm³/mol. The molecular formula is C21H25NO5S. The summed E-state index contributed by atoms with van der Waals surface area (Å²) in [7, 11) is -0.0322. The second-order valence-corrected chi connectivity index (χ2v) is 8.94. The normalized spacial score (nSPS) is 17.5. The molecule has 1 amide bonds. The number of nitrogens with zero attached hydrogens (tertiary/aromatic N) is 1. The summed E-state index contributed by atoms with van der Waals surface area (Å²) in [6.45, 7) is 0.398. The molecule has 1 atom stereocenters. The summed E-state index contributed by atoms with van der Waals surface area (Å²) in [5.41, 5.74) is 1.75. The van der Waals surface area contributed by atoms with Crippen LogP contribution in [0.3, 0.4) is 0 Å². The minimum atomic E-state index is -3.25. The lowest BCUT2D eigenvalue weighted by molar-refractivity contribution is -0.137. The minimum absolute atomic E-state index is 0.0661. The van der Waals surface area contributed by atoms with Gasteiger partial charge in [0.1, 0.15) is 11.5 Å². The van der Waals surface area contributed by atoms with Gasteiger partial charge in [-0.25, -0.2) is 8.42 Å². The molecule has 2 aromatic carbocycles. The van der Waals surface area contributed by atoms with E-state index in [9.17, 15) is 13.2 Å². The second kappa shape index (κ2) is 8.22. The van der Waals surface area contributed by atoms with E-state index in [0.717, 1.165) is 24.0 Å². The number of carbonyl (C=O) groups excluding carboxylic acids is 1. The summed E-state index contributed by atoms with van der Waals surface area (Å²) in [4.78, 5) is 14.9. The van der Waals surface area contributed by atoms with Gasteiger partial charge in [0, 0.05) is 19.2 Å². The molecule has 1 aliphatic heterocycles. The molecule has 2 aromatic rings. The fourth-order valence-electron chi connectivity index (χ4n) is 3.67. The largest absolute Gasteiger partial charge is 0.496 e. The van der Waals surface area contributed by atoms with E-state index in [1.54, 1.807) is 38.5 Å². The first-order valence-electron chi connectivity index (χ1n) is 9.14. The fraction of sp³-hybridized carbons (Fsp3) is 0.381. The van der Waals surface area contributed by atoms with Crippen molar-refractivity contribution in [2.24, 2.45) is 0 Å². The van der Waals surface area contributed by atoms with E-state index in [1.165, 1.54) is 6.26 Å². The molecule has 0 aromatic heterocycles. The summed E-state index contributed by atoms with van der Waals surface area (Å²) < 4.78 is 34.4. The first-order chi connectivity index (χ1) is 13.3. The SMILES string of the molecule is COc1cccc(OC)c1C1CCCC(=O)N1Cc1ccc(S(C)(=O)=O)cc1. The van der Waals surface area contributed by atoms with Crippen LogP contribution in [0.2, 0.25) is 0 Å². The number of carbonyl (C=O) groups is 1. The molecule has 1 heterocycles. The molecule has 0 saturated carbocycles. The number of methoxy groups -OCH3 is 2. The smallest absolute Gasteiger partial charge is 0.223 e. The van der Waals surface area contributed by atoms with Crippen molar-refractivity contribution in [3.8, 4) is 11.5 Å². The summed E-state index contributed by atoms with van der Waals surface area (Å²) in [5.74, 6) is 1.45. The zero-order chi connectivity index (χ0) is 20.3. The molecule has 1 aliphatic rings. The Morgan fingerprint density at radius 2 is 1.64 bits per heavy atom. The summed E-state index contributed by atoms with van der Waals surface area (Å²) in [5, 5.41) is 0. The van der Waals surface area contributed by atoms with Gasteiger partial charge in [-0.2, -0.15) is 0 Å². The third kappa shape index (κ3) is 4.14. The Balaban J connectivity index is 1.95. The van der Waals surface area contributed by atoms with Crippen LogP contribution in [0.5, 0.6) is 11.5 Å². The van der Waals surface area contributed by atoms with Crippen LogP contribution in [-0.4, -0.2) is 39.7 Å². The zero-order valence-electron chi connectivity index (χ0n) is 16.3. The lowest BCUT2D eigenvalue weighted by Gasteiger charge is -2.37. The van der Waals surface area contributed by atoms with Crippen molar-refractivity contribution < 1.29 is 22.7 Å². The Morgan fingerprint density at radius 3 is 2.18 bits per heavy atom. The third-order valence-electron chi connectivity index (χ3n) is 5.07. The van der Waals surface area contributed by atoms with Crippen molar-refractivity contribution in [3.63, 3.8) is 0 Å². The van der Waals surface area contributed by atoms with Gasteiger partial charge in [0.05, 0.1) is 30.7 Å². The molecule has 0 spiro atoms. The molecule has 0 bridgehead atoms. The van der Waals surface area contributed by atoms with Crippen LogP contribution in [0.15, 0.2) is 47.4 Å². The first-order valence-corrected chi connectivity index (χ1v) is 11.0. The van der Waals surface area contributed by atoms with Gasteiger partial charge in [0.2, 0.25) is 5.91 Å². The lowest BCUT2D eigenvalue weighted by atomic mass is 9.92. The number of benzene rings is 2. The number of piperidine rings is 1. The minimum Gasteiger partial charge on any atom is -0.496 e. The van der Waals surface area contributed by atoms with Crippen LogP contribution in [0.1, 0.15) is 36.4 Å². The number of hydrogen-bond acceptors (Lipinski definition) is 5. The van der Waals surface area contributed by atoms with Crippen LogP contribution in [0.25, 0.3) is 0 Å². The average molecular weight is 404 g/mol. The summed E-state index contributed by atoms with van der Waals surface area (Å²) in [6.07, 6.45) is 3.29. The predicted octanol–water partition coefficient (Wildman–Crippen LogP) is 3.36. The number of hydrogen-bond donors (Lipinski definition) is 0. The molecule has 0 aliphatic carbocycles. The van der Waals surface area contributed by atoms with Crippen LogP contribution < -0.4 is 9.47 Å². The van der Waals surface area contributed by atoms with Crippen LogP contribution in [0.4, 0.5) is 0 Å². The molecule has 7 heteroatoms. The van der Waals surface area contributed by atoms with Gasteiger partial charge >= 0.3 is 0 Å². The zero-order valence-corrected chi connectivity index (χ0v) is 17.2. The molecule has 0 radical (unpaired) electrons. The molecule has 150 valence electrons. The topological polar surface area (TPSA) is 72.9 Å². The van der Waals surface area contributed by atoms with Gasteiger partial charge in [0.25, 0.3) is 0 Å². The number of amides is 1. The summed E-state index contributed by atoms with van der Waals surface area (Å²) >= 11 is 0. The molecule has 6 nitrogen and oxygen atoms in total. The maximum absolute atomic E-state index is 12.8. The highest BCUT2D eigenvalue weighted by molar-refractivity contribution is 7.90. The van der Waals surface area contributed by atoms with Crippen molar-refractivity contribution >= 4 is 15.7 Å². The van der Waals surface area contributed by atoms with E-state index >= 15 is 0 Å². The molecule has 28 heavy (non-hydrogen) atoms. The Hall–Kier alpha value is -2.54. The van der Waals surface area contributed by atoms with E-state index in [0.29, 0.717) is 24.5 Å². The molecule has 1 saturated heterocycles. The number of sulfone groups is 1. The average Bonchev–Trinajstić information content (AvgIpc) is 2.68. The van der Waals surface area contributed by atoms with Gasteiger partial charge in [-0.15, -0.1) is 0 Å². The van der Waals surface area contributed by atoms with Crippen molar-refractivity contribution in [1.82, 2.24) is 4.90 Å². The first kappa shape index (κ1) is 20.2. The summed E-state index contributed by atoms with van der Waals surface area (Å²) in [6, 6.07) is 12.1. The number of ether oxygens (including phenoxy) is 2. The van der Waals surface area contributed by atoms with Crippen molar-refractivity contribution in [1.29, 1.82) is 0 Å². The highest BCUT2D eigenvalue weighted by atomic mass is 32.2. The lowest BCUT2D eigenvalue weighted by Crippen LogP contribution is -2.38. The molecule has 0 N–H and O–H groups in total. The van der Waals surface area contributed by atoms with Gasteiger partial charge in [-0.05, 0) is 42.7 Å². The van der Waals surface area contributed by atoms with Gasteiger partial charge in [-0.3, -0.25) is 4.79 Å². The van der Waals surface area contributed by atoms with Crippen molar-refractivity contribution in [2.45, 2.75) is 36.7 Å². The van der Waals surface area contributed by atoms with E-state index < -0.39 is 9.84 Å². The van der Waals surface area contributed by atoms with Crippen LogP contribution in [-0.2, 0) is 21.2 Å². The Morgan fingerprint density at radius 1 is 1.04 bits per heavy atom. The van der Waals surface area contributed by atoms with E-state index in [1.807, 2.05) is 23.1 Å². The molecule has 3 rings (SSSR count). The standard InChI is InChI=1S/C21H25NO5S/c1-26-18-7-5-8-19(27-2)21(18)17-6-4-9-20(23)22(17)14-15-10-12-16(13-11-15)28(3,24)25/h5,7-8,10-13,17H,4,6,9,14H2,1-3H3. The second-order valence-electron chi connectivity index (χ2n) is 6.92. The fourth-order valence-corrected chi connectivity index (χ4v) is 4.30. The molecule has 1 unspecified atom stereocenters. The van der Waals surface area contributed by atoms with E-state index in [2.05, 4.69) is 0 Å². The highest BCUT2D eigenvalue weighted by Gasteiger charge is 2.33. The maximum atomic E-state index is 12.8. The number of likely N-dealkylation sites (tertiary alicyclic amines) is 1. The van der Waals surface area contributed by atoms with E-state index in [-0.39, 0.29) is 16.8 Å². The Labute approximate surface area is 166 Å². The van der Waals surface area contributed by atoms with Gasteiger partial charge < -0.3 is 14.4 Å². The monoisotopic (exact) mass is 403 g/mol. The Kier molecular flexibility index (Phi) is 5.93. The van der Waals surface area contributed by atoms with E-state index in [4.69, 9.17) is 9.47 Å². The highest BCUT2D eigenvalue weighted by Crippen LogP contribution is 2.42. The quantitative estimate of drug-likeness (QED) is 0.739. The maximum Gasteiger partial charge on any atom is 0.223 e.